The number of nitrogens with one attached hydrogen (secondary N) is 1. The first-order valence-corrected chi connectivity index (χ1v) is 9.23. The Balaban J connectivity index is 1.23. The van der Waals surface area contributed by atoms with Crippen LogP contribution in [-0.4, -0.2) is 66.7 Å². The van der Waals surface area contributed by atoms with Gasteiger partial charge >= 0.3 is 6.03 Å². The smallest absolute Gasteiger partial charge is 0.317 e. The van der Waals surface area contributed by atoms with Gasteiger partial charge in [-0.05, 0) is 24.8 Å². The molecule has 1 aliphatic carbocycles. The van der Waals surface area contributed by atoms with Gasteiger partial charge in [0.25, 0.3) is 5.91 Å². The number of benzene rings is 1. The molecule has 0 aromatic heterocycles. The Kier molecular flexibility index (Phi) is 4.61. The standard InChI is InChI=1S/C19H25N3O3/c23-18(17-7-4-12-25-17)21-8-10-22(11-9-21)19(24)20-16-13-15(16)14-5-2-1-3-6-14/h1-3,5-6,15-17H,4,7-13H2,(H,20,24)/t15-,16-,17-/m1/s1. The van der Waals surface area contributed by atoms with Crippen molar-refractivity contribution >= 4 is 11.9 Å². The normalized spacial score (nSPS) is 28.7. The van der Waals surface area contributed by atoms with Crippen LogP contribution in [0.2, 0.25) is 0 Å². The summed E-state index contributed by atoms with van der Waals surface area (Å²) in [5, 5.41) is 3.13. The fraction of sp³-hybridized carbons (Fsp3) is 0.579. The molecule has 0 unspecified atom stereocenters. The molecule has 0 spiro atoms. The van der Waals surface area contributed by atoms with E-state index in [0.717, 1.165) is 19.3 Å². The van der Waals surface area contributed by atoms with Gasteiger partial charge in [0, 0.05) is 44.7 Å². The summed E-state index contributed by atoms with van der Waals surface area (Å²) in [5.74, 6) is 0.524. The Hall–Kier alpha value is -2.08. The third-order valence-electron chi connectivity index (χ3n) is 5.41. The number of amides is 3. The second kappa shape index (κ2) is 7.04. The lowest BCUT2D eigenvalue weighted by molar-refractivity contribution is -0.142. The minimum atomic E-state index is -0.265. The first-order valence-electron chi connectivity index (χ1n) is 9.23. The molecular formula is C19H25N3O3. The third-order valence-corrected chi connectivity index (χ3v) is 5.41. The number of hydrogen-bond acceptors (Lipinski definition) is 3. The molecule has 2 saturated heterocycles. The quantitative estimate of drug-likeness (QED) is 0.906. The Labute approximate surface area is 148 Å². The molecule has 1 N–H and O–H groups in total. The van der Waals surface area contributed by atoms with Gasteiger partial charge < -0.3 is 19.9 Å². The molecule has 6 nitrogen and oxygen atoms in total. The van der Waals surface area contributed by atoms with Crippen LogP contribution >= 0.6 is 0 Å². The Bertz CT molecular complexity index is 622. The summed E-state index contributed by atoms with van der Waals surface area (Å²) in [6, 6.07) is 10.6. The van der Waals surface area contributed by atoms with Gasteiger partial charge in [-0.2, -0.15) is 0 Å². The minimum Gasteiger partial charge on any atom is -0.368 e. The average Bonchev–Trinajstić information content (AvgIpc) is 3.20. The van der Waals surface area contributed by atoms with Crippen molar-refractivity contribution in [2.45, 2.75) is 37.3 Å². The number of rotatable bonds is 3. The van der Waals surface area contributed by atoms with E-state index in [2.05, 4.69) is 17.4 Å². The van der Waals surface area contributed by atoms with Crippen LogP contribution in [0.15, 0.2) is 30.3 Å². The van der Waals surface area contributed by atoms with Crippen LogP contribution in [0, 0.1) is 0 Å². The van der Waals surface area contributed by atoms with Gasteiger partial charge in [-0.1, -0.05) is 30.3 Å². The van der Waals surface area contributed by atoms with Gasteiger partial charge in [-0.3, -0.25) is 4.79 Å². The topological polar surface area (TPSA) is 61.9 Å². The summed E-state index contributed by atoms with van der Waals surface area (Å²) in [4.78, 5) is 28.4. The van der Waals surface area contributed by atoms with E-state index in [0.29, 0.717) is 38.7 Å². The second-order valence-corrected chi connectivity index (χ2v) is 7.12. The molecule has 1 aromatic carbocycles. The summed E-state index contributed by atoms with van der Waals surface area (Å²) in [6.45, 7) is 3.06. The molecule has 25 heavy (non-hydrogen) atoms. The summed E-state index contributed by atoms with van der Waals surface area (Å²) in [6.07, 6.45) is 2.52. The van der Waals surface area contributed by atoms with Crippen molar-refractivity contribution in [2.24, 2.45) is 0 Å². The zero-order valence-corrected chi connectivity index (χ0v) is 14.4. The van der Waals surface area contributed by atoms with Crippen LogP contribution in [0.5, 0.6) is 0 Å². The average molecular weight is 343 g/mol. The molecule has 6 heteroatoms. The van der Waals surface area contributed by atoms with Crippen LogP contribution in [0.25, 0.3) is 0 Å². The van der Waals surface area contributed by atoms with E-state index in [-0.39, 0.29) is 24.1 Å². The summed E-state index contributed by atoms with van der Waals surface area (Å²) in [7, 11) is 0. The van der Waals surface area contributed by atoms with Gasteiger partial charge in [0.2, 0.25) is 0 Å². The monoisotopic (exact) mass is 343 g/mol. The molecule has 2 heterocycles. The number of hydrogen-bond donors (Lipinski definition) is 1. The second-order valence-electron chi connectivity index (χ2n) is 7.12. The SMILES string of the molecule is O=C(N[C@@H]1C[C@@H]1c1ccccc1)N1CCN(C(=O)[C@H]2CCCO2)CC1. The molecule has 3 fully saturated rings. The number of piperazine rings is 1. The summed E-state index contributed by atoms with van der Waals surface area (Å²) >= 11 is 0. The number of urea groups is 1. The zero-order chi connectivity index (χ0) is 17.2. The van der Waals surface area contributed by atoms with E-state index < -0.39 is 0 Å². The molecule has 3 atom stereocenters. The van der Waals surface area contributed by atoms with E-state index in [4.69, 9.17) is 4.74 Å². The molecule has 3 amide bonds. The summed E-state index contributed by atoms with van der Waals surface area (Å²) in [5.41, 5.74) is 1.29. The highest BCUT2D eigenvalue weighted by Crippen LogP contribution is 2.40. The highest BCUT2D eigenvalue weighted by molar-refractivity contribution is 5.82. The van der Waals surface area contributed by atoms with E-state index in [1.165, 1.54) is 5.56 Å². The van der Waals surface area contributed by atoms with E-state index in [9.17, 15) is 9.59 Å². The molecule has 1 saturated carbocycles. The molecule has 3 aliphatic rings. The maximum absolute atomic E-state index is 12.4. The molecular weight excluding hydrogens is 318 g/mol. The number of carbonyl (C=O) groups is 2. The number of ether oxygens (including phenoxy) is 1. The first kappa shape index (κ1) is 16.4. The Morgan fingerprint density at radius 2 is 1.76 bits per heavy atom. The van der Waals surface area contributed by atoms with Crippen molar-refractivity contribution in [1.82, 2.24) is 15.1 Å². The van der Waals surface area contributed by atoms with Crippen molar-refractivity contribution in [3.63, 3.8) is 0 Å². The van der Waals surface area contributed by atoms with E-state index in [1.807, 2.05) is 28.0 Å². The molecule has 2 aliphatic heterocycles. The van der Waals surface area contributed by atoms with Crippen LogP contribution in [-0.2, 0) is 9.53 Å². The van der Waals surface area contributed by atoms with Crippen LogP contribution in [0.1, 0.15) is 30.7 Å². The lowest BCUT2D eigenvalue weighted by Gasteiger charge is -2.35. The van der Waals surface area contributed by atoms with Crippen molar-refractivity contribution in [2.75, 3.05) is 32.8 Å². The molecule has 134 valence electrons. The van der Waals surface area contributed by atoms with Crippen molar-refractivity contribution < 1.29 is 14.3 Å². The zero-order valence-electron chi connectivity index (χ0n) is 14.4. The predicted molar refractivity (Wildman–Crippen MR) is 93.2 cm³/mol. The fourth-order valence-corrected chi connectivity index (χ4v) is 3.78. The largest absolute Gasteiger partial charge is 0.368 e. The molecule has 0 radical (unpaired) electrons. The maximum Gasteiger partial charge on any atom is 0.317 e. The van der Waals surface area contributed by atoms with Gasteiger partial charge in [-0.15, -0.1) is 0 Å². The maximum atomic E-state index is 12.4. The Morgan fingerprint density at radius 1 is 1.04 bits per heavy atom. The lowest BCUT2D eigenvalue weighted by Crippen LogP contribution is -2.55. The Morgan fingerprint density at radius 3 is 2.44 bits per heavy atom. The van der Waals surface area contributed by atoms with Crippen molar-refractivity contribution in [3.8, 4) is 0 Å². The molecule has 4 rings (SSSR count). The molecule has 0 bridgehead atoms. The van der Waals surface area contributed by atoms with Crippen molar-refractivity contribution in [3.05, 3.63) is 35.9 Å². The van der Waals surface area contributed by atoms with Gasteiger partial charge in [0.05, 0.1) is 0 Å². The minimum absolute atomic E-state index is 0.00681. The van der Waals surface area contributed by atoms with Gasteiger partial charge in [0.1, 0.15) is 6.10 Å². The third kappa shape index (κ3) is 3.63. The number of nitrogens with zero attached hydrogens (tertiary/aromatic N) is 2. The number of carbonyl (C=O) groups excluding carboxylic acids is 2. The van der Waals surface area contributed by atoms with Crippen molar-refractivity contribution in [1.29, 1.82) is 0 Å². The van der Waals surface area contributed by atoms with E-state index >= 15 is 0 Å². The van der Waals surface area contributed by atoms with Crippen LogP contribution in [0.4, 0.5) is 4.79 Å². The highest BCUT2D eigenvalue weighted by Gasteiger charge is 2.40. The first-order chi connectivity index (χ1) is 12.2. The lowest BCUT2D eigenvalue weighted by atomic mass is 10.1. The van der Waals surface area contributed by atoms with Crippen LogP contribution < -0.4 is 5.32 Å². The van der Waals surface area contributed by atoms with Gasteiger partial charge in [-0.25, -0.2) is 4.79 Å². The van der Waals surface area contributed by atoms with Gasteiger partial charge in [0.15, 0.2) is 0 Å². The summed E-state index contributed by atoms with van der Waals surface area (Å²) < 4.78 is 5.47. The molecule has 1 aromatic rings. The fourth-order valence-electron chi connectivity index (χ4n) is 3.78. The van der Waals surface area contributed by atoms with Crippen LogP contribution in [0.3, 0.4) is 0 Å². The highest BCUT2D eigenvalue weighted by atomic mass is 16.5. The van der Waals surface area contributed by atoms with E-state index in [1.54, 1.807) is 0 Å². The predicted octanol–water partition coefficient (Wildman–Crippen LogP) is 1.58.